The quantitative estimate of drug-likeness (QED) is 0.741. The van der Waals surface area contributed by atoms with Crippen molar-refractivity contribution >= 4 is 11.6 Å². The van der Waals surface area contributed by atoms with Gasteiger partial charge in [-0.05, 0) is 24.3 Å². The molecule has 0 bridgehead atoms. The Morgan fingerprint density at radius 3 is 2.75 bits per heavy atom. The topological polar surface area (TPSA) is 72.1 Å². The van der Waals surface area contributed by atoms with E-state index in [1.807, 2.05) is 0 Å². The van der Waals surface area contributed by atoms with E-state index in [0.29, 0.717) is 18.3 Å². The maximum Gasteiger partial charge on any atom is 0.232 e. The van der Waals surface area contributed by atoms with Gasteiger partial charge in [-0.25, -0.2) is 4.39 Å². The third-order valence-electron chi connectivity index (χ3n) is 4.00. The minimum atomic E-state index is -0.422. The van der Waals surface area contributed by atoms with Crippen LogP contribution in [-0.4, -0.2) is 27.6 Å². The van der Waals surface area contributed by atoms with Crippen molar-refractivity contribution in [3.63, 3.8) is 0 Å². The molecular formula is C17H13FN4O2. The van der Waals surface area contributed by atoms with Crippen LogP contribution in [0, 0.1) is 5.82 Å². The molecule has 1 aliphatic rings. The van der Waals surface area contributed by atoms with Crippen LogP contribution in [0.2, 0.25) is 0 Å². The van der Waals surface area contributed by atoms with Gasteiger partial charge in [0.25, 0.3) is 0 Å². The number of benzene rings is 1. The van der Waals surface area contributed by atoms with Crippen LogP contribution in [0.15, 0.2) is 53.3 Å². The maximum atomic E-state index is 13.9. The van der Waals surface area contributed by atoms with Crippen LogP contribution in [-0.2, 0) is 4.79 Å². The number of nitrogens with zero attached hydrogens (tertiary/aromatic N) is 4. The van der Waals surface area contributed by atoms with Crippen molar-refractivity contribution in [2.45, 2.75) is 12.3 Å². The minimum Gasteiger partial charge on any atom is -0.339 e. The lowest BCUT2D eigenvalue weighted by Gasteiger charge is -2.16. The van der Waals surface area contributed by atoms with Gasteiger partial charge in [0, 0.05) is 30.9 Å². The van der Waals surface area contributed by atoms with E-state index in [-0.39, 0.29) is 23.9 Å². The molecule has 0 saturated carbocycles. The largest absolute Gasteiger partial charge is 0.339 e. The predicted octanol–water partition coefficient (Wildman–Crippen LogP) is 2.79. The Bertz CT molecular complexity index is 881. The molecule has 0 radical (unpaired) electrons. The van der Waals surface area contributed by atoms with Gasteiger partial charge in [0.05, 0.1) is 11.6 Å². The fraction of sp³-hybridized carbons (Fsp3) is 0.176. The number of hydrogen-bond acceptors (Lipinski definition) is 5. The highest BCUT2D eigenvalue weighted by Gasteiger charge is 2.36. The van der Waals surface area contributed by atoms with E-state index in [2.05, 4.69) is 15.1 Å². The van der Waals surface area contributed by atoms with Crippen LogP contribution in [0.25, 0.3) is 11.4 Å². The van der Waals surface area contributed by atoms with E-state index in [1.165, 1.54) is 11.0 Å². The third-order valence-corrected chi connectivity index (χ3v) is 4.00. The summed E-state index contributed by atoms with van der Waals surface area (Å²) in [5.41, 5.74) is 1.06. The van der Waals surface area contributed by atoms with Crippen LogP contribution >= 0.6 is 0 Å². The predicted molar refractivity (Wildman–Crippen MR) is 83.6 cm³/mol. The molecule has 3 aromatic rings. The number of para-hydroxylation sites is 1. The van der Waals surface area contributed by atoms with Gasteiger partial charge >= 0.3 is 0 Å². The lowest BCUT2D eigenvalue weighted by molar-refractivity contribution is -0.117. The summed E-state index contributed by atoms with van der Waals surface area (Å²) in [5, 5.41) is 3.95. The Morgan fingerprint density at radius 1 is 1.17 bits per heavy atom. The zero-order chi connectivity index (χ0) is 16.5. The van der Waals surface area contributed by atoms with Crippen LogP contribution in [0.5, 0.6) is 0 Å². The van der Waals surface area contributed by atoms with E-state index in [0.717, 1.165) is 5.56 Å². The summed E-state index contributed by atoms with van der Waals surface area (Å²) in [4.78, 5) is 22.0. The first-order valence-electron chi connectivity index (χ1n) is 7.51. The van der Waals surface area contributed by atoms with Crippen molar-refractivity contribution in [3.8, 4) is 11.4 Å². The summed E-state index contributed by atoms with van der Waals surface area (Å²) in [6.07, 6.45) is 3.50. The first kappa shape index (κ1) is 14.5. The summed E-state index contributed by atoms with van der Waals surface area (Å²) in [7, 11) is 0. The zero-order valence-electron chi connectivity index (χ0n) is 12.6. The van der Waals surface area contributed by atoms with Gasteiger partial charge in [-0.3, -0.25) is 9.78 Å². The van der Waals surface area contributed by atoms with Crippen LogP contribution < -0.4 is 4.90 Å². The first-order chi connectivity index (χ1) is 11.7. The molecule has 0 spiro atoms. The molecular weight excluding hydrogens is 311 g/mol. The van der Waals surface area contributed by atoms with Crippen LogP contribution in [0.4, 0.5) is 10.1 Å². The number of amides is 1. The second-order valence-corrected chi connectivity index (χ2v) is 5.55. The van der Waals surface area contributed by atoms with Gasteiger partial charge in [-0.15, -0.1) is 0 Å². The molecule has 6 nitrogen and oxygen atoms in total. The number of halogens is 1. The van der Waals surface area contributed by atoms with Gasteiger partial charge in [-0.1, -0.05) is 17.3 Å². The molecule has 1 fully saturated rings. The lowest BCUT2D eigenvalue weighted by atomic mass is 10.1. The number of anilines is 1. The van der Waals surface area contributed by atoms with Gasteiger partial charge in [-0.2, -0.15) is 4.98 Å². The number of hydrogen-bond donors (Lipinski definition) is 0. The average molecular weight is 324 g/mol. The lowest BCUT2D eigenvalue weighted by Crippen LogP contribution is -2.25. The van der Waals surface area contributed by atoms with Gasteiger partial charge in [0.15, 0.2) is 0 Å². The Labute approximate surface area is 136 Å². The second kappa shape index (κ2) is 5.84. The van der Waals surface area contributed by atoms with Crippen molar-refractivity contribution in [1.29, 1.82) is 0 Å². The highest BCUT2D eigenvalue weighted by atomic mass is 19.1. The normalized spacial score (nSPS) is 17.5. The fourth-order valence-electron chi connectivity index (χ4n) is 2.80. The Kier molecular flexibility index (Phi) is 3.53. The van der Waals surface area contributed by atoms with Gasteiger partial charge in [0.2, 0.25) is 17.6 Å². The smallest absolute Gasteiger partial charge is 0.232 e. The van der Waals surface area contributed by atoms with E-state index in [9.17, 15) is 9.18 Å². The minimum absolute atomic E-state index is 0.159. The summed E-state index contributed by atoms with van der Waals surface area (Å²) in [6.45, 7) is 0.317. The van der Waals surface area contributed by atoms with Crippen molar-refractivity contribution in [3.05, 3.63) is 60.5 Å². The van der Waals surface area contributed by atoms with Crippen molar-refractivity contribution in [2.75, 3.05) is 11.4 Å². The summed E-state index contributed by atoms with van der Waals surface area (Å²) < 4.78 is 19.2. The fourth-order valence-corrected chi connectivity index (χ4v) is 2.80. The number of carbonyl (C=O) groups is 1. The molecule has 1 saturated heterocycles. The van der Waals surface area contributed by atoms with E-state index in [1.54, 1.807) is 42.7 Å². The van der Waals surface area contributed by atoms with Crippen molar-refractivity contribution < 1.29 is 13.7 Å². The van der Waals surface area contributed by atoms with Gasteiger partial charge in [0.1, 0.15) is 5.82 Å². The van der Waals surface area contributed by atoms with E-state index < -0.39 is 5.82 Å². The molecule has 1 unspecified atom stereocenters. The van der Waals surface area contributed by atoms with E-state index in [4.69, 9.17) is 4.52 Å². The SMILES string of the molecule is O=C1CC(c2nc(-c3ccncc3)no2)CN1c1ccccc1F. The van der Waals surface area contributed by atoms with Crippen molar-refractivity contribution in [2.24, 2.45) is 0 Å². The number of carbonyl (C=O) groups excluding carboxylic acids is 1. The molecule has 24 heavy (non-hydrogen) atoms. The van der Waals surface area contributed by atoms with Gasteiger partial charge < -0.3 is 9.42 Å². The third kappa shape index (κ3) is 2.54. The van der Waals surface area contributed by atoms with Crippen LogP contribution in [0.3, 0.4) is 0 Å². The Balaban J connectivity index is 1.58. The molecule has 4 rings (SSSR count). The Morgan fingerprint density at radius 2 is 1.96 bits per heavy atom. The van der Waals surface area contributed by atoms with Crippen molar-refractivity contribution in [1.82, 2.24) is 15.1 Å². The van der Waals surface area contributed by atoms with E-state index >= 15 is 0 Å². The molecule has 1 atom stereocenters. The highest BCUT2D eigenvalue weighted by molar-refractivity contribution is 5.96. The molecule has 1 aromatic carbocycles. The summed E-state index contributed by atoms with van der Waals surface area (Å²) in [5.74, 6) is 0.00153. The summed E-state index contributed by atoms with van der Waals surface area (Å²) >= 11 is 0. The zero-order valence-corrected chi connectivity index (χ0v) is 12.6. The molecule has 1 amide bonds. The molecule has 0 N–H and O–H groups in total. The average Bonchev–Trinajstić information content (AvgIpc) is 3.23. The standard InChI is InChI=1S/C17H13FN4O2/c18-13-3-1-2-4-14(13)22-10-12(9-15(22)23)17-20-16(21-24-17)11-5-7-19-8-6-11/h1-8,12H,9-10H2. The maximum absolute atomic E-state index is 13.9. The Hall–Kier alpha value is -3.09. The number of aromatic nitrogens is 3. The molecule has 7 heteroatoms. The monoisotopic (exact) mass is 324 g/mol. The molecule has 3 heterocycles. The molecule has 1 aliphatic heterocycles. The number of pyridine rings is 1. The van der Waals surface area contributed by atoms with Crippen LogP contribution in [0.1, 0.15) is 18.2 Å². The first-order valence-corrected chi connectivity index (χ1v) is 7.51. The molecule has 0 aliphatic carbocycles. The second-order valence-electron chi connectivity index (χ2n) is 5.55. The molecule has 120 valence electrons. The highest BCUT2D eigenvalue weighted by Crippen LogP contribution is 2.32. The molecule has 2 aromatic heterocycles. The number of rotatable bonds is 3. The summed E-state index contributed by atoms with van der Waals surface area (Å²) in [6, 6.07) is 9.78.